The Balaban J connectivity index is 1.69. The van der Waals surface area contributed by atoms with Gasteiger partial charge in [0.2, 0.25) is 17.0 Å². The Morgan fingerprint density at radius 1 is 1.45 bits per heavy atom. The van der Waals surface area contributed by atoms with Crippen LogP contribution in [-0.2, 0) is 11.2 Å². The number of aromatic nitrogens is 3. The molecule has 20 heavy (non-hydrogen) atoms. The molecule has 1 heterocycles. The highest BCUT2D eigenvalue weighted by Crippen LogP contribution is 2.12. The monoisotopic (exact) mass is 291 g/mol. The van der Waals surface area contributed by atoms with Gasteiger partial charge >= 0.3 is 0 Å². The van der Waals surface area contributed by atoms with Crippen LogP contribution in [0.1, 0.15) is 11.1 Å². The molecule has 1 amide bonds. The van der Waals surface area contributed by atoms with Gasteiger partial charge in [0.05, 0.1) is 5.75 Å². The third kappa shape index (κ3) is 4.27. The van der Waals surface area contributed by atoms with Gasteiger partial charge in [-0.15, -0.1) is 5.10 Å². The number of hydrogen-bond acceptors (Lipinski definition) is 5. The van der Waals surface area contributed by atoms with E-state index in [4.69, 9.17) is 5.73 Å². The van der Waals surface area contributed by atoms with Gasteiger partial charge in [0.1, 0.15) is 0 Å². The van der Waals surface area contributed by atoms with Crippen molar-refractivity contribution in [2.45, 2.75) is 18.5 Å². The fraction of sp³-hybridized carbons (Fsp3) is 0.308. The minimum atomic E-state index is -0.0352. The van der Waals surface area contributed by atoms with E-state index in [-0.39, 0.29) is 17.6 Å². The molecule has 1 aromatic heterocycles. The molecule has 0 radical (unpaired) electrons. The van der Waals surface area contributed by atoms with E-state index in [0.29, 0.717) is 11.7 Å². The Hall–Kier alpha value is -2.02. The minimum Gasteiger partial charge on any atom is -0.368 e. The van der Waals surface area contributed by atoms with Crippen molar-refractivity contribution in [3.05, 3.63) is 35.4 Å². The third-order valence-corrected chi connectivity index (χ3v) is 3.64. The van der Waals surface area contributed by atoms with Crippen LogP contribution in [0.4, 0.5) is 5.95 Å². The largest absolute Gasteiger partial charge is 0.368 e. The first-order chi connectivity index (χ1) is 9.65. The molecule has 0 bridgehead atoms. The van der Waals surface area contributed by atoms with Crippen LogP contribution in [0.25, 0.3) is 0 Å². The molecule has 0 aliphatic carbocycles. The Kier molecular flexibility index (Phi) is 5.00. The number of anilines is 1. The highest BCUT2D eigenvalue weighted by molar-refractivity contribution is 7.99. The Morgan fingerprint density at radius 2 is 2.25 bits per heavy atom. The van der Waals surface area contributed by atoms with Gasteiger partial charge in [0.25, 0.3) is 0 Å². The molecular weight excluding hydrogens is 274 g/mol. The molecule has 0 aliphatic rings. The zero-order valence-corrected chi connectivity index (χ0v) is 12.0. The van der Waals surface area contributed by atoms with Crippen LogP contribution in [0.15, 0.2) is 29.4 Å². The van der Waals surface area contributed by atoms with Crippen molar-refractivity contribution in [3.8, 4) is 0 Å². The zero-order valence-electron chi connectivity index (χ0n) is 11.2. The van der Waals surface area contributed by atoms with Crippen LogP contribution in [-0.4, -0.2) is 33.4 Å². The summed E-state index contributed by atoms with van der Waals surface area (Å²) in [6.07, 6.45) is 0.830. The smallest absolute Gasteiger partial charge is 0.230 e. The number of nitrogens with one attached hydrogen (secondary N) is 2. The van der Waals surface area contributed by atoms with Crippen molar-refractivity contribution < 1.29 is 4.79 Å². The molecule has 0 saturated heterocycles. The van der Waals surface area contributed by atoms with Crippen molar-refractivity contribution in [2.24, 2.45) is 0 Å². The first-order valence-electron chi connectivity index (χ1n) is 6.27. The van der Waals surface area contributed by atoms with E-state index in [0.717, 1.165) is 6.42 Å². The van der Waals surface area contributed by atoms with Crippen molar-refractivity contribution in [2.75, 3.05) is 18.0 Å². The molecule has 0 spiro atoms. The molecule has 1 aromatic carbocycles. The lowest BCUT2D eigenvalue weighted by Gasteiger charge is -2.06. The summed E-state index contributed by atoms with van der Waals surface area (Å²) in [7, 11) is 0. The SMILES string of the molecule is Cc1ccccc1CCNC(=O)CSc1n[nH]c(N)n1. The molecule has 6 nitrogen and oxygen atoms in total. The van der Waals surface area contributed by atoms with Crippen molar-refractivity contribution in [1.29, 1.82) is 0 Å². The van der Waals surface area contributed by atoms with E-state index < -0.39 is 0 Å². The van der Waals surface area contributed by atoms with Gasteiger partial charge < -0.3 is 11.1 Å². The molecule has 0 saturated carbocycles. The fourth-order valence-corrected chi connectivity index (χ4v) is 2.37. The summed E-state index contributed by atoms with van der Waals surface area (Å²) >= 11 is 1.25. The Morgan fingerprint density at radius 3 is 2.95 bits per heavy atom. The van der Waals surface area contributed by atoms with Crippen LogP contribution in [0.5, 0.6) is 0 Å². The van der Waals surface area contributed by atoms with Gasteiger partial charge in [-0.25, -0.2) is 5.10 Å². The second-order valence-corrected chi connectivity index (χ2v) is 5.26. The maximum atomic E-state index is 11.7. The van der Waals surface area contributed by atoms with Gasteiger partial charge in [0.15, 0.2) is 0 Å². The van der Waals surface area contributed by atoms with Crippen molar-refractivity contribution in [3.63, 3.8) is 0 Å². The summed E-state index contributed by atoms with van der Waals surface area (Å²) in [6.45, 7) is 2.70. The molecule has 4 N–H and O–H groups in total. The van der Waals surface area contributed by atoms with Gasteiger partial charge in [-0.2, -0.15) is 4.98 Å². The molecule has 0 aliphatic heterocycles. The van der Waals surface area contributed by atoms with Crippen LogP contribution >= 0.6 is 11.8 Å². The summed E-state index contributed by atoms with van der Waals surface area (Å²) in [6, 6.07) is 8.16. The minimum absolute atomic E-state index is 0.0352. The van der Waals surface area contributed by atoms with Crippen LogP contribution < -0.4 is 11.1 Å². The number of nitrogens with two attached hydrogens (primary N) is 1. The number of H-pyrrole nitrogens is 1. The maximum absolute atomic E-state index is 11.7. The maximum Gasteiger partial charge on any atom is 0.230 e. The number of rotatable bonds is 6. The highest BCUT2D eigenvalue weighted by Gasteiger charge is 2.06. The molecule has 106 valence electrons. The van der Waals surface area contributed by atoms with Crippen LogP contribution in [0.3, 0.4) is 0 Å². The van der Waals surface area contributed by atoms with E-state index in [2.05, 4.69) is 39.6 Å². The van der Waals surface area contributed by atoms with Gasteiger partial charge in [-0.3, -0.25) is 4.79 Å². The van der Waals surface area contributed by atoms with Crippen molar-refractivity contribution in [1.82, 2.24) is 20.5 Å². The lowest BCUT2D eigenvalue weighted by molar-refractivity contribution is -0.118. The number of amides is 1. The lowest BCUT2D eigenvalue weighted by Crippen LogP contribution is -2.27. The van der Waals surface area contributed by atoms with Gasteiger partial charge in [-0.05, 0) is 24.5 Å². The number of aryl methyl sites for hydroxylation is 1. The fourth-order valence-electron chi connectivity index (χ4n) is 1.73. The first-order valence-corrected chi connectivity index (χ1v) is 7.25. The van der Waals surface area contributed by atoms with Crippen LogP contribution in [0, 0.1) is 6.92 Å². The number of benzene rings is 1. The van der Waals surface area contributed by atoms with E-state index in [1.54, 1.807) is 0 Å². The second-order valence-electron chi connectivity index (χ2n) is 4.32. The second kappa shape index (κ2) is 6.95. The van der Waals surface area contributed by atoms with E-state index >= 15 is 0 Å². The summed E-state index contributed by atoms with van der Waals surface area (Å²) < 4.78 is 0. The summed E-state index contributed by atoms with van der Waals surface area (Å²) in [5.74, 6) is 0.504. The molecule has 0 fully saturated rings. The molecule has 7 heteroatoms. The average molecular weight is 291 g/mol. The predicted molar refractivity (Wildman–Crippen MR) is 79.4 cm³/mol. The number of thioether (sulfide) groups is 1. The zero-order chi connectivity index (χ0) is 14.4. The van der Waals surface area contributed by atoms with Gasteiger partial charge in [0, 0.05) is 6.54 Å². The standard InChI is InChI=1S/C13H17N5OS/c1-9-4-2-3-5-10(9)6-7-15-11(19)8-20-13-16-12(14)17-18-13/h2-5H,6-8H2,1H3,(H,15,19)(H3,14,16,17,18). The highest BCUT2D eigenvalue weighted by atomic mass is 32.2. The summed E-state index contributed by atoms with van der Waals surface area (Å²) in [5, 5.41) is 9.74. The molecule has 0 atom stereocenters. The first kappa shape index (κ1) is 14.4. The average Bonchev–Trinajstić information content (AvgIpc) is 2.84. The van der Waals surface area contributed by atoms with Crippen molar-refractivity contribution >= 4 is 23.6 Å². The number of aromatic amines is 1. The molecule has 0 unspecified atom stereocenters. The quantitative estimate of drug-likeness (QED) is 0.694. The Labute approximate surface area is 121 Å². The number of carbonyl (C=O) groups is 1. The van der Waals surface area contributed by atoms with E-state index in [1.165, 1.54) is 22.9 Å². The lowest BCUT2D eigenvalue weighted by atomic mass is 10.1. The normalized spacial score (nSPS) is 10.4. The Bertz CT molecular complexity index is 584. The predicted octanol–water partition coefficient (Wildman–Crippen LogP) is 1.15. The molecule has 2 aromatic rings. The molecular formula is C13H17N5OS. The number of nitrogens with zero attached hydrogens (tertiary/aromatic N) is 2. The topological polar surface area (TPSA) is 96.7 Å². The van der Waals surface area contributed by atoms with E-state index in [1.807, 2.05) is 12.1 Å². The van der Waals surface area contributed by atoms with Crippen LogP contribution in [0.2, 0.25) is 0 Å². The van der Waals surface area contributed by atoms with E-state index in [9.17, 15) is 4.79 Å². The summed E-state index contributed by atoms with van der Waals surface area (Å²) in [4.78, 5) is 15.6. The molecule has 2 rings (SSSR count). The number of nitrogen functional groups attached to an aromatic ring is 1. The number of hydrogen-bond donors (Lipinski definition) is 3. The number of carbonyl (C=O) groups excluding carboxylic acids is 1. The van der Waals surface area contributed by atoms with Gasteiger partial charge in [-0.1, -0.05) is 36.0 Å². The third-order valence-electron chi connectivity index (χ3n) is 2.79. The summed E-state index contributed by atoms with van der Waals surface area (Å²) in [5.41, 5.74) is 7.90.